The predicted molar refractivity (Wildman–Crippen MR) is 72.6 cm³/mol. The Hall–Kier alpha value is -2.49. The van der Waals surface area contributed by atoms with E-state index in [0.717, 1.165) is 17.9 Å². The number of ether oxygens (including phenoxy) is 1. The molecule has 0 fully saturated rings. The molecule has 3 rings (SSSR count). The van der Waals surface area contributed by atoms with Gasteiger partial charge in [-0.05, 0) is 31.2 Å². The molecule has 2 aromatic rings. The Bertz CT molecular complexity index is 652. The fourth-order valence-corrected chi connectivity index (χ4v) is 2.36. The second-order valence-electron chi connectivity index (χ2n) is 4.27. The maximum absolute atomic E-state index is 11.3. The number of rotatable bonds is 2. The summed E-state index contributed by atoms with van der Waals surface area (Å²) in [7, 11) is 0. The number of hydrogen-bond acceptors (Lipinski definition) is 3. The lowest BCUT2D eigenvalue weighted by atomic mass is 10.1. The summed E-state index contributed by atoms with van der Waals surface area (Å²) in [5, 5.41) is 9.25. The number of aromatic carboxylic acids is 1. The van der Waals surface area contributed by atoms with Gasteiger partial charge >= 0.3 is 5.97 Å². The standard InChI is InChI=1S/C15H13NO3/c1-2-16-11-7-3-4-9-13(11)19-14-10(15(17)18)6-5-8-12(14)16/h3-9H,2H2,1H3,(H,17,18). The summed E-state index contributed by atoms with van der Waals surface area (Å²) >= 11 is 0. The fraction of sp³-hybridized carbons (Fsp3) is 0.133. The molecule has 1 aliphatic rings. The summed E-state index contributed by atoms with van der Waals surface area (Å²) in [5.41, 5.74) is 1.94. The van der Waals surface area contributed by atoms with E-state index in [4.69, 9.17) is 4.74 Å². The number of hydrogen-bond donors (Lipinski definition) is 1. The molecule has 19 heavy (non-hydrogen) atoms. The third-order valence-electron chi connectivity index (χ3n) is 3.20. The molecule has 0 spiro atoms. The Balaban J connectivity index is 2.23. The molecule has 96 valence electrons. The minimum Gasteiger partial charge on any atom is -0.478 e. The monoisotopic (exact) mass is 255 g/mol. The highest BCUT2D eigenvalue weighted by Crippen LogP contribution is 2.47. The molecule has 4 nitrogen and oxygen atoms in total. The first-order chi connectivity index (χ1) is 9.22. The number of carboxylic acid groups (broad SMARTS) is 1. The van der Waals surface area contributed by atoms with Gasteiger partial charge in [-0.15, -0.1) is 0 Å². The maximum atomic E-state index is 11.3. The van der Waals surface area contributed by atoms with Gasteiger partial charge in [0, 0.05) is 6.54 Å². The third kappa shape index (κ3) is 1.73. The maximum Gasteiger partial charge on any atom is 0.339 e. The van der Waals surface area contributed by atoms with Crippen molar-refractivity contribution < 1.29 is 14.6 Å². The van der Waals surface area contributed by atoms with Crippen LogP contribution in [0.1, 0.15) is 17.3 Å². The molecule has 1 heterocycles. The molecule has 0 atom stereocenters. The molecular weight excluding hydrogens is 242 g/mol. The van der Waals surface area contributed by atoms with Gasteiger partial charge in [-0.1, -0.05) is 18.2 Å². The van der Waals surface area contributed by atoms with Crippen molar-refractivity contribution in [1.29, 1.82) is 0 Å². The summed E-state index contributed by atoms with van der Waals surface area (Å²) in [5.74, 6) is 0.119. The molecule has 0 amide bonds. The summed E-state index contributed by atoms with van der Waals surface area (Å²) in [6.07, 6.45) is 0. The van der Waals surface area contributed by atoms with Crippen molar-refractivity contribution in [3.63, 3.8) is 0 Å². The Morgan fingerprint density at radius 3 is 2.63 bits per heavy atom. The quantitative estimate of drug-likeness (QED) is 0.889. The van der Waals surface area contributed by atoms with E-state index in [1.165, 1.54) is 0 Å². The number of nitrogens with zero attached hydrogens (tertiary/aromatic N) is 1. The van der Waals surface area contributed by atoms with Crippen LogP contribution in [0.25, 0.3) is 0 Å². The van der Waals surface area contributed by atoms with E-state index in [1.807, 2.05) is 37.3 Å². The topological polar surface area (TPSA) is 49.8 Å². The van der Waals surface area contributed by atoms with Gasteiger partial charge in [0.15, 0.2) is 11.5 Å². The van der Waals surface area contributed by atoms with Crippen LogP contribution in [0.4, 0.5) is 11.4 Å². The molecule has 0 radical (unpaired) electrons. The highest BCUT2D eigenvalue weighted by atomic mass is 16.5. The summed E-state index contributed by atoms with van der Waals surface area (Å²) in [6, 6.07) is 12.8. The minimum absolute atomic E-state index is 0.186. The van der Waals surface area contributed by atoms with E-state index >= 15 is 0 Å². The first-order valence-electron chi connectivity index (χ1n) is 6.13. The highest BCUT2D eigenvalue weighted by Gasteiger charge is 2.26. The van der Waals surface area contributed by atoms with Gasteiger partial charge in [0.1, 0.15) is 5.56 Å². The lowest BCUT2D eigenvalue weighted by Crippen LogP contribution is -2.21. The Morgan fingerprint density at radius 2 is 1.89 bits per heavy atom. The molecular formula is C15H13NO3. The van der Waals surface area contributed by atoms with Gasteiger partial charge in [0.2, 0.25) is 0 Å². The molecule has 0 aliphatic carbocycles. The molecule has 1 aliphatic heterocycles. The van der Waals surface area contributed by atoms with Gasteiger partial charge in [0.25, 0.3) is 0 Å². The average Bonchev–Trinajstić information content (AvgIpc) is 2.43. The zero-order chi connectivity index (χ0) is 13.4. The van der Waals surface area contributed by atoms with Gasteiger partial charge in [-0.3, -0.25) is 0 Å². The van der Waals surface area contributed by atoms with Crippen LogP contribution in [-0.2, 0) is 0 Å². The normalized spacial score (nSPS) is 12.4. The molecule has 4 heteroatoms. The number of anilines is 2. The first-order valence-corrected chi connectivity index (χ1v) is 6.13. The average molecular weight is 255 g/mol. The van der Waals surface area contributed by atoms with Crippen molar-refractivity contribution in [2.75, 3.05) is 11.4 Å². The SMILES string of the molecule is CCN1c2ccccc2Oc2c(C(=O)O)cccc21. The van der Waals surface area contributed by atoms with Gasteiger partial charge in [-0.2, -0.15) is 0 Å². The van der Waals surface area contributed by atoms with Crippen molar-refractivity contribution in [2.45, 2.75) is 6.92 Å². The van der Waals surface area contributed by atoms with Gasteiger partial charge < -0.3 is 14.7 Å². The second kappa shape index (κ2) is 4.31. The largest absolute Gasteiger partial charge is 0.478 e. The molecule has 1 N–H and O–H groups in total. The van der Waals surface area contributed by atoms with E-state index < -0.39 is 5.97 Å². The van der Waals surface area contributed by atoms with Crippen LogP contribution in [0.2, 0.25) is 0 Å². The first kappa shape index (κ1) is 11.6. The Kier molecular flexibility index (Phi) is 2.63. The van der Waals surface area contributed by atoms with Crippen molar-refractivity contribution in [1.82, 2.24) is 0 Å². The van der Waals surface area contributed by atoms with Crippen LogP contribution in [-0.4, -0.2) is 17.6 Å². The number of carbonyl (C=O) groups is 1. The zero-order valence-corrected chi connectivity index (χ0v) is 10.5. The Labute approximate surface area is 110 Å². The van der Waals surface area contributed by atoms with Crippen LogP contribution in [0.15, 0.2) is 42.5 Å². The van der Waals surface area contributed by atoms with E-state index in [0.29, 0.717) is 11.5 Å². The third-order valence-corrected chi connectivity index (χ3v) is 3.20. The van der Waals surface area contributed by atoms with Crippen LogP contribution in [0.5, 0.6) is 11.5 Å². The lowest BCUT2D eigenvalue weighted by molar-refractivity contribution is 0.0694. The van der Waals surface area contributed by atoms with E-state index in [9.17, 15) is 9.90 Å². The second-order valence-corrected chi connectivity index (χ2v) is 4.27. The number of para-hydroxylation sites is 3. The number of fused-ring (bicyclic) bond motifs is 2. The summed E-state index contributed by atoms with van der Waals surface area (Å²) in [4.78, 5) is 13.3. The van der Waals surface area contributed by atoms with Crippen molar-refractivity contribution in [3.8, 4) is 11.5 Å². The van der Waals surface area contributed by atoms with Crippen molar-refractivity contribution >= 4 is 17.3 Å². The van der Waals surface area contributed by atoms with Crippen LogP contribution < -0.4 is 9.64 Å². The van der Waals surface area contributed by atoms with Gasteiger partial charge in [-0.25, -0.2) is 4.79 Å². The molecule has 0 bridgehead atoms. The highest BCUT2D eigenvalue weighted by molar-refractivity contribution is 5.95. The number of benzene rings is 2. The molecule has 2 aromatic carbocycles. The molecule has 0 unspecified atom stereocenters. The van der Waals surface area contributed by atoms with Crippen molar-refractivity contribution in [3.05, 3.63) is 48.0 Å². The summed E-state index contributed by atoms with van der Waals surface area (Å²) in [6.45, 7) is 2.77. The van der Waals surface area contributed by atoms with E-state index in [1.54, 1.807) is 12.1 Å². The Morgan fingerprint density at radius 1 is 1.16 bits per heavy atom. The van der Waals surface area contributed by atoms with E-state index in [2.05, 4.69) is 4.90 Å². The van der Waals surface area contributed by atoms with Gasteiger partial charge in [0.05, 0.1) is 11.4 Å². The van der Waals surface area contributed by atoms with Crippen LogP contribution in [0, 0.1) is 0 Å². The fourth-order valence-electron chi connectivity index (χ4n) is 2.36. The summed E-state index contributed by atoms with van der Waals surface area (Å²) < 4.78 is 5.78. The van der Waals surface area contributed by atoms with E-state index in [-0.39, 0.29) is 5.56 Å². The molecule has 0 saturated heterocycles. The zero-order valence-electron chi connectivity index (χ0n) is 10.5. The molecule has 0 aromatic heterocycles. The van der Waals surface area contributed by atoms with Crippen LogP contribution >= 0.6 is 0 Å². The number of carboxylic acids is 1. The molecule has 0 saturated carbocycles. The predicted octanol–water partition coefficient (Wildman–Crippen LogP) is 3.65. The van der Waals surface area contributed by atoms with Crippen molar-refractivity contribution in [2.24, 2.45) is 0 Å². The smallest absolute Gasteiger partial charge is 0.339 e. The lowest BCUT2D eigenvalue weighted by Gasteiger charge is -2.32. The minimum atomic E-state index is -0.979. The van der Waals surface area contributed by atoms with Crippen LogP contribution in [0.3, 0.4) is 0 Å².